The van der Waals surface area contributed by atoms with E-state index in [0.717, 1.165) is 4.47 Å². The average molecular weight is 381 g/mol. The fraction of sp³-hybridized carbons (Fsp3) is 0.615. The number of aliphatic imine (C=N–C) groups is 1. The van der Waals surface area contributed by atoms with Gasteiger partial charge in [0.05, 0.1) is 13.2 Å². The van der Waals surface area contributed by atoms with Gasteiger partial charge in [-0.05, 0) is 28.9 Å². The highest BCUT2D eigenvalue weighted by atomic mass is 79.9. The predicted molar refractivity (Wildman–Crippen MR) is 79.8 cm³/mol. The molecule has 2 aliphatic heterocycles. The Kier molecular flexibility index (Phi) is 3.53. The van der Waals surface area contributed by atoms with Crippen LogP contribution in [0.15, 0.2) is 20.9 Å². The lowest BCUT2D eigenvalue weighted by molar-refractivity contribution is -0.246. The maximum absolute atomic E-state index is 15.3. The van der Waals surface area contributed by atoms with Gasteiger partial charge in [0.15, 0.2) is 11.1 Å². The monoisotopic (exact) mass is 380 g/mol. The average Bonchev–Trinajstić information content (AvgIpc) is 2.85. The van der Waals surface area contributed by atoms with Crippen LogP contribution in [0.4, 0.5) is 8.78 Å². The lowest BCUT2D eigenvalue weighted by Crippen LogP contribution is -2.66. The lowest BCUT2D eigenvalue weighted by Gasteiger charge is -2.50. The van der Waals surface area contributed by atoms with E-state index in [-0.39, 0.29) is 32.1 Å². The van der Waals surface area contributed by atoms with Gasteiger partial charge < -0.3 is 15.2 Å². The van der Waals surface area contributed by atoms with Gasteiger partial charge >= 0.3 is 5.92 Å². The van der Waals surface area contributed by atoms with Crippen LogP contribution in [0.25, 0.3) is 0 Å². The molecule has 1 saturated heterocycles. The van der Waals surface area contributed by atoms with Crippen LogP contribution in [-0.4, -0.2) is 30.8 Å². The molecule has 2 aliphatic rings. The molecule has 1 atom stereocenters. The highest BCUT2D eigenvalue weighted by Gasteiger charge is 2.70. The Bertz CT molecular complexity index is 586. The van der Waals surface area contributed by atoms with E-state index < -0.39 is 17.1 Å². The largest absolute Gasteiger partial charge is 0.452 e. The highest BCUT2D eigenvalue weighted by Crippen LogP contribution is 2.55. The first-order valence-electron chi connectivity index (χ1n) is 6.55. The molecule has 1 fully saturated rings. The smallest absolute Gasteiger partial charge is 0.316 e. The van der Waals surface area contributed by atoms with Crippen LogP contribution in [0.5, 0.6) is 0 Å². The topological polar surface area (TPSA) is 56.8 Å². The summed E-state index contributed by atoms with van der Waals surface area (Å²) in [4.78, 5) is 4.43. The summed E-state index contributed by atoms with van der Waals surface area (Å²) in [6.07, 6.45) is 0.191. The molecule has 1 unspecified atom stereocenters. The molecule has 1 aromatic rings. The van der Waals surface area contributed by atoms with Gasteiger partial charge in [0.2, 0.25) is 0 Å². The first-order chi connectivity index (χ1) is 9.81. The molecule has 0 saturated carbocycles. The van der Waals surface area contributed by atoms with E-state index >= 15 is 8.78 Å². The Morgan fingerprint density at radius 2 is 2.05 bits per heavy atom. The third kappa shape index (κ3) is 2.10. The molecule has 0 aliphatic carbocycles. The second-order valence-electron chi connectivity index (χ2n) is 5.43. The van der Waals surface area contributed by atoms with Gasteiger partial charge in [-0.15, -0.1) is 11.3 Å². The summed E-state index contributed by atoms with van der Waals surface area (Å²) in [6.45, 7) is 1.87. The maximum atomic E-state index is 15.3. The van der Waals surface area contributed by atoms with Gasteiger partial charge in [0.25, 0.3) is 6.02 Å². The predicted octanol–water partition coefficient (Wildman–Crippen LogP) is 3.26. The highest BCUT2D eigenvalue weighted by molar-refractivity contribution is 9.10. The fourth-order valence-corrected chi connectivity index (χ4v) is 4.48. The molecule has 3 rings (SSSR count). The van der Waals surface area contributed by atoms with Crippen molar-refractivity contribution in [2.75, 3.05) is 13.2 Å². The molecule has 2 N–H and O–H groups in total. The van der Waals surface area contributed by atoms with Crippen molar-refractivity contribution < 1.29 is 18.3 Å². The SMILES string of the molecule is CC1(c2cc(Br)cs2)N=C(N)OC2(CCOCC2)C1(F)F. The standard InChI is InChI=1S/C13H15BrF2N2O2S/c1-11(9-6-8(14)7-21-9)13(15,16)12(20-10(17)18-11)2-4-19-5-3-12/h6-7H,2-5H2,1H3,(H2,17,18). The molecule has 0 bridgehead atoms. The van der Waals surface area contributed by atoms with Gasteiger partial charge in [-0.25, -0.2) is 4.99 Å². The van der Waals surface area contributed by atoms with Crippen molar-refractivity contribution >= 4 is 33.3 Å². The molecule has 0 radical (unpaired) electrons. The summed E-state index contributed by atoms with van der Waals surface area (Å²) >= 11 is 4.53. The minimum atomic E-state index is -3.18. The summed E-state index contributed by atoms with van der Waals surface area (Å²) in [5.41, 5.74) is 2.34. The van der Waals surface area contributed by atoms with Gasteiger partial charge in [0, 0.05) is 27.6 Å². The van der Waals surface area contributed by atoms with Crippen molar-refractivity contribution in [1.29, 1.82) is 0 Å². The number of ether oxygens (including phenoxy) is 2. The Morgan fingerprint density at radius 3 is 2.62 bits per heavy atom. The lowest BCUT2D eigenvalue weighted by atomic mass is 9.75. The van der Waals surface area contributed by atoms with Gasteiger partial charge in [-0.1, -0.05) is 0 Å². The number of nitrogens with two attached hydrogens (primary N) is 1. The van der Waals surface area contributed by atoms with E-state index in [1.807, 2.05) is 0 Å². The Labute approximate surface area is 133 Å². The van der Waals surface area contributed by atoms with Crippen LogP contribution in [0.3, 0.4) is 0 Å². The fourth-order valence-electron chi connectivity index (χ4n) is 2.92. The van der Waals surface area contributed by atoms with Crippen molar-refractivity contribution in [1.82, 2.24) is 0 Å². The molecule has 21 heavy (non-hydrogen) atoms. The summed E-state index contributed by atoms with van der Waals surface area (Å²) in [6, 6.07) is 1.48. The van der Waals surface area contributed by atoms with Crippen LogP contribution in [0, 0.1) is 0 Å². The first kappa shape index (κ1) is 15.2. The maximum Gasteiger partial charge on any atom is 0.316 e. The molecular formula is C13H15BrF2N2O2S. The molecule has 0 amide bonds. The normalized spacial score (nSPS) is 30.8. The summed E-state index contributed by atoms with van der Waals surface area (Å²) in [5.74, 6) is -3.18. The van der Waals surface area contributed by atoms with Crippen LogP contribution in [0.1, 0.15) is 24.6 Å². The molecule has 3 heterocycles. The number of alkyl halides is 2. The van der Waals surface area contributed by atoms with Gasteiger partial charge in [0.1, 0.15) is 0 Å². The van der Waals surface area contributed by atoms with E-state index in [9.17, 15) is 0 Å². The number of hydrogen-bond acceptors (Lipinski definition) is 5. The van der Waals surface area contributed by atoms with E-state index in [0.29, 0.717) is 4.88 Å². The van der Waals surface area contributed by atoms with E-state index in [1.165, 1.54) is 18.3 Å². The van der Waals surface area contributed by atoms with Crippen LogP contribution < -0.4 is 5.73 Å². The van der Waals surface area contributed by atoms with Gasteiger partial charge in [-0.2, -0.15) is 8.78 Å². The number of rotatable bonds is 1. The minimum Gasteiger partial charge on any atom is -0.452 e. The number of amidine groups is 1. The summed E-state index contributed by atoms with van der Waals surface area (Å²) in [7, 11) is 0. The second kappa shape index (κ2) is 4.89. The third-order valence-electron chi connectivity index (χ3n) is 4.17. The molecule has 116 valence electrons. The second-order valence-corrected chi connectivity index (χ2v) is 7.26. The number of halogens is 3. The van der Waals surface area contributed by atoms with Crippen LogP contribution in [0.2, 0.25) is 0 Å². The first-order valence-corrected chi connectivity index (χ1v) is 8.22. The molecule has 1 aromatic heterocycles. The molecule has 1 spiro atoms. The number of nitrogens with zero attached hydrogens (tertiary/aromatic N) is 1. The Balaban J connectivity index is 2.13. The van der Waals surface area contributed by atoms with Crippen molar-refractivity contribution in [3.05, 3.63) is 20.8 Å². The number of hydrogen-bond donors (Lipinski definition) is 1. The third-order valence-corrected chi connectivity index (χ3v) is 6.07. The van der Waals surface area contributed by atoms with Crippen molar-refractivity contribution in [2.24, 2.45) is 10.7 Å². The molecule has 4 nitrogen and oxygen atoms in total. The van der Waals surface area contributed by atoms with Crippen LogP contribution >= 0.6 is 27.3 Å². The quantitative estimate of drug-likeness (QED) is 0.813. The Morgan fingerprint density at radius 1 is 1.38 bits per heavy atom. The summed E-state index contributed by atoms with van der Waals surface area (Å²) < 4.78 is 41.9. The van der Waals surface area contributed by atoms with Crippen LogP contribution in [-0.2, 0) is 15.0 Å². The van der Waals surface area contributed by atoms with E-state index in [2.05, 4.69) is 20.9 Å². The zero-order valence-corrected chi connectivity index (χ0v) is 13.8. The molecular weight excluding hydrogens is 366 g/mol. The Hall–Kier alpha value is -0.730. The summed E-state index contributed by atoms with van der Waals surface area (Å²) in [5, 5.41) is 1.76. The van der Waals surface area contributed by atoms with E-state index in [1.54, 1.807) is 11.4 Å². The molecule has 0 aromatic carbocycles. The van der Waals surface area contributed by atoms with Crippen molar-refractivity contribution in [2.45, 2.75) is 36.8 Å². The van der Waals surface area contributed by atoms with Gasteiger partial charge in [-0.3, -0.25) is 0 Å². The zero-order valence-electron chi connectivity index (χ0n) is 11.4. The van der Waals surface area contributed by atoms with Crippen molar-refractivity contribution in [3.63, 3.8) is 0 Å². The minimum absolute atomic E-state index is 0.0956. The zero-order chi connectivity index (χ0) is 15.3. The van der Waals surface area contributed by atoms with Crippen molar-refractivity contribution in [3.8, 4) is 0 Å². The molecule has 8 heteroatoms. The number of thiophene rings is 1. The van der Waals surface area contributed by atoms with E-state index in [4.69, 9.17) is 15.2 Å².